The molecule has 23 heavy (non-hydrogen) atoms. The van der Waals surface area contributed by atoms with Crippen molar-refractivity contribution in [2.24, 2.45) is 5.92 Å². The quantitative estimate of drug-likeness (QED) is 0.777. The third kappa shape index (κ3) is 2.92. The van der Waals surface area contributed by atoms with E-state index in [1.165, 1.54) is 0 Å². The maximum Gasteiger partial charge on any atom is 0.263 e. The highest BCUT2D eigenvalue weighted by Gasteiger charge is 2.30. The second kappa shape index (κ2) is 5.95. The lowest BCUT2D eigenvalue weighted by Gasteiger charge is -2.30. The molecule has 0 aliphatic heterocycles. The number of benzene rings is 1. The fourth-order valence-corrected chi connectivity index (χ4v) is 5.32. The molecular formula is C17H20ClNO3S. The van der Waals surface area contributed by atoms with Gasteiger partial charge in [-0.1, -0.05) is 18.2 Å². The summed E-state index contributed by atoms with van der Waals surface area (Å²) in [5.74, 6) is 0.694. The van der Waals surface area contributed by atoms with Crippen molar-refractivity contribution in [2.75, 3.05) is 0 Å². The monoisotopic (exact) mass is 353 g/mol. The number of ketones is 1. The summed E-state index contributed by atoms with van der Waals surface area (Å²) in [5, 5.41) is 0.665. The molecule has 1 heterocycles. The molecule has 1 atom stereocenters. The molecule has 2 aromatic rings. The normalized spacial score (nSPS) is 18.5. The van der Waals surface area contributed by atoms with Crippen LogP contribution in [0.5, 0.6) is 0 Å². The molecule has 1 aliphatic rings. The third-order valence-electron chi connectivity index (χ3n) is 5.02. The van der Waals surface area contributed by atoms with Crippen molar-refractivity contribution < 1.29 is 13.2 Å². The van der Waals surface area contributed by atoms with Gasteiger partial charge >= 0.3 is 0 Å². The number of para-hydroxylation sites is 1. The van der Waals surface area contributed by atoms with Crippen molar-refractivity contribution in [3.63, 3.8) is 0 Å². The van der Waals surface area contributed by atoms with Crippen molar-refractivity contribution in [2.45, 2.75) is 50.5 Å². The molecule has 4 nitrogen and oxygen atoms in total. The van der Waals surface area contributed by atoms with E-state index in [1.807, 2.05) is 18.2 Å². The van der Waals surface area contributed by atoms with Gasteiger partial charge in [-0.3, -0.25) is 4.79 Å². The van der Waals surface area contributed by atoms with Gasteiger partial charge in [0.25, 0.3) is 9.05 Å². The number of carbonyl (C=O) groups is 1. The number of rotatable bonds is 3. The molecule has 124 valence electrons. The first-order valence-corrected chi connectivity index (χ1v) is 10.2. The molecule has 1 saturated carbocycles. The lowest BCUT2D eigenvalue weighted by atomic mass is 9.83. The van der Waals surface area contributed by atoms with Crippen LogP contribution in [0.1, 0.15) is 44.3 Å². The van der Waals surface area contributed by atoms with Crippen LogP contribution in [0.25, 0.3) is 10.9 Å². The molecule has 0 bridgehead atoms. The Morgan fingerprint density at radius 1 is 1.22 bits per heavy atom. The summed E-state index contributed by atoms with van der Waals surface area (Å²) in [6, 6.07) is 7.57. The lowest BCUT2D eigenvalue weighted by molar-refractivity contribution is -0.121. The molecular weight excluding hydrogens is 334 g/mol. The second-order valence-electron chi connectivity index (χ2n) is 6.36. The Hall–Kier alpha value is -1.33. The van der Waals surface area contributed by atoms with Crippen molar-refractivity contribution in [1.29, 1.82) is 0 Å². The Balaban J connectivity index is 2.14. The van der Waals surface area contributed by atoms with E-state index in [9.17, 15) is 13.2 Å². The molecule has 0 radical (unpaired) electrons. The van der Waals surface area contributed by atoms with Gasteiger partial charge in [0.1, 0.15) is 10.7 Å². The first-order chi connectivity index (χ1) is 10.8. The summed E-state index contributed by atoms with van der Waals surface area (Å²) >= 11 is 0. The minimum absolute atomic E-state index is 0.125. The van der Waals surface area contributed by atoms with Crippen LogP contribution in [0.3, 0.4) is 0 Å². The van der Waals surface area contributed by atoms with Crippen molar-refractivity contribution in [3.8, 4) is 0 Å². The highest BCUT2D eigenvalue weighted by Crippen LogP contribution is 2.39. The van der Waals surface area contributed by atoms with E-state index in [0.29, 0.717) is 35.6 Å². The zero-order chi connectivity index (χ0) is 16.8. The predicted molar refractivity (Wildman–Crippen MR) is 91.4 cm³/mol. The maximum atomic E-state index is 12.0. The smallest absolute Gasteiger partial charge is 0.263 e. The van der Waals surface area contributed by atoms with Crippen LogP contribution in [0, 0.1) is 12.8 Å². The van der Waals surface area contributed by atoms with Gasteiger partial charge in [0.05, 0.1) is 0 Å². The van der Waals surface area contributed by atoms with E-state index in [2.05, 4.69) is 11.5 Å². The summed E-state index contributed by atoms with van der Waals surface area (Å²) in [6.07, 6.45) is 2.95. The van der Waals surface area contributed by atoms with E-state index >= 15 is 0 Å². The Morgan fingerprint density at radius 3 is 2.43 bits per heavy atom. The SMILES string of the molecule is Cc1c(S(=O)(=O)Cl)c2ccccc2n1[C@H](C)C1CCC(=O)CC1. The highest BCUT2D eigenvalue weighted by molar-refractivity contribution is 8.14. The van der Waals surface area contributed by atoms with Gasteiger partial charge in [-0.05, 0) is 38.7 Å². The van der Waals surface area contributed by atoms with Crippen LogP contribution in [-0.2, 0) is 13.8 Å². The van der Waals surface area contributed by atoms with E-state index in [1.54, 1.807) is 13.0 Å². The third-order valence-corrected chi connectivity index (χ3v) is 6.49. The minimum Gasteiger partial charge on any atom is -0.340 e. The zero-order valence-corrected chi connectivity index (χ0v) is 14.8. The summed E-state index contributed by atoms with van der Waals surface area (Å²) in [5.41, 5.74) is 1.55. The van der Waals surface area contributed by atoms with Gasteiger partial charge in [0.15, 0.2) is 0 Å². The van der Waals surface area contributed by atoms with Crippen molar-refractivity contribution in [1.82, 2.24) is 4.57 Å². The zero-order valence-electron chi connectivity index (χ0n) is 13.3. The topological polar surface area (TPSA) is 56.1 Å². The number of aromatic nitrogens is 1. The standard InChI is InChI=1S/C17H20ClNO3S/c1-11(13-7-9-14(20)10-8-13)19-12(2)17(23(18,21)22)15-5-3-4-6-16(15)19/h3-6,11,13H,7-10H2,1-2H3/t11-/m1/s1. The summed E-state index contributed by atoms with van der Waals surface area (Å²) in [7, 11) is 1.86. The molecule has 1 fully saturated rings. The Kier molecular flexibility index (Phi) is 4.27. The Morgan fingerprint density at radius 2 is 1.83 bits per heavy atom. The van der Waals surface area contributed by atoms with E-state index in [0.717, 1.165) is 18.4 Å². The summed E-state index contributed by atoms with van der Waals surface area (Å²) in [4.78, 5) is 11.7. The molecule has 3 rings (SSSR count). The number of carbonyl (C=O) groups excluding carboxylic acids is 1. The highest BCUT2D eigenvalue weighted by atomic mass is 35.7. The Labute approximate surface area is 140 Å². The molecule has 1 aromatic heterocycles. The number of nitrogens with zero attached hydrogens (tertiary/aromatic N) is 1. The number of hydrogen-bond acceptors (Lipinski definition) is 3. The van der Waals surface area contributed by atoms with Crippen LogP contribution in [0.2, 0.25) is 0 Å². The van der Waals surface area contributed by atoms with Crippen LogP contribution in [0.4, 0.5) is 0 Å². The van der Waals surface area contributed by atoms with Gasteiger partial charge in [0.2, 0.25) is 0 Å². The predicted octanol–water partition coefficient (Wildman–Crippen LogP) is 4.20. The molecule has 0 spiro atoms. The second-order valence-corrected chi connectivity index (χ2v) is 8.86. The van der Waals surface area contributed by atoms with Crippen molar-refractivity contribution >= 4 is 36.4 Å². The molecule has 0 saturated heterocycles. The van der Waals surface area contributed by atoms with Gasteiger partial charge in [0, 0.05) is 46.2 Å². The van der Waals surface area contributed by atoms with Crippen LogP contribution >= 0.6 is 10.7 Å². The first kappa shape index (κ1) is 16.5. The van der Waals surface area contributed by atoms with E-state index in [-0.39, 0.29) is 10.9 Å². The molecule has 1 aliphatic carbocycles. The fraction of sp³-hybridized carbons (Fsp3) is 0.471. The largest absolute Gasteiger partial charge is 0.340 e. The average molecular weight is 354 g/mol. The molecule has 0 amide bonds. The van der Waals surface area contributed by atoms with E-state index in [4.69, 9.17) is 10.7 Å². The first-order valence-electron chi connectivity index (χ1n) is 7.86. The average Bonchev–Trinajstić information content (AvgIpc) is 2.79. The minimum atomic E-state index is -3.82. The molecule has 0 unspecified atom stereocenters. The maximum absolute atomic E-state index is 12.0. The molecule has 0 N–H and O–H groups in total. The van der Waals surface area contributed by atoms with Crippen molar-refractivity contribution in [3.05, 3.63) is 30.0 Å². The number of fused-ring (bicyclic) bond motifs is 1. The van der Waals surface area contributed by atoms with Gasteiger partial charge in [-0.2, -0.15) is 0 Å². The number of Topliss-reactive ketones (excluding diaryl/α,β-unsaturated/α-hetero) is 1. The summed E-state index contributed by atoms with van der Waals surface area (Å²) in [6.45, 7) is 3.91. The number of halogens is 1. The van der Waals surface area contributed by atoms with Gasteiger partial charge in [-0.15, -0.1) is 0 Å². The molecule has 6 heteroatoms. The fourth-order valence-electron chi connectivity index (χ4n) is 3.85. The molecule has 1 aromatic carbocycles. The Bertz CT molecular complexity index is 859. The van der Waals surface area contributed by atoms with Gasteiger partial charge in [-0.25, -0.2) is 8.42 Å². The number of hydrogen-bond donors (Lipinski definition) is 0. The van der Waals surface area contributed by atoms with Crippen LogP contribution < -0.4 is 0 Å². The van der Waals surface area contributed by atoms with Crippen LogP contribution in [0.15, 0.2) is 29.2 Å². The summed E-state index contributed by atoms with van der Waals surface area (Å²) < 4.78 is 26.1. The van der Waals surface area contributed by atoms with E-state index < -0.39 is 9.05 Å². The van der Waals surface area contributed by atoms with Crippen LogP contribution in [-0.4, -0.2) is 18.8 Å². The van der Waals surface area contributed by atoms with Gasteiger partial charge < -0.3 is 4.57 Å². The lowest BCUT2D eigenvalue weighted by Crippen LogP contribution is -2.23.